The van der Waals surface area contributed by atoms with Gasteiger partial charge in [0.15, 0.2) is 18.0 Å². The molecule has 2 fully saturated rings. The molecule has 4 rings (SSSR count). The molecule has 12 heteroatoms. The van der Waals surface area contributed by atoms with Crippen LogP contribution in [0, 0.1) is 11.3 Å². The van der Waals surface area contributed by atoms with Crippen LogP contribution in [0.4, 0.5) is 10.6 Å². The molecule has 2 aromatic rings. The first-order valence-electron chi connectivity index (χ1n) is 8.34. The number of aromatic nitrogens is 3. The van der Waals surface area contributed by atoms with Crippen LogP contribution in [0.15, 0.2) is 18.5 Å². The summed E-state index contributed by atoms with van der Waals surface area (Å²) in [5.74, 6) is -0.459. The molecule has 2 saturated heterocycles. The molecule has 0 saturated carbocycles. The summed E-state index contributed by atoms with van der Waals surface area (Å²) in [4.78, 5) is 27.3. The molecule has 2 aromatic heterocycles. The van der Waals surface area contributed by atoms with Crippen molar-refractivity contribution in [1.82, 2.24) is 14.6 Å². The lowest BCUT2D eigenvalue weighted by molar-refractivity contribution is -0.152. The molecule has 0 aliphatic carbocycles. The number of hydrogen-bond acceptors (Lipinski definition) is 11. The van der Waals surface area contributed by atoms with Gasteiger partial charge in [0.2, 0.25) is 5.60 Å². The third-order valence-electron chi connectivity index (χ3n) is 4.65. The van der Waals surface area contributed by atoms with Gasteiger partial charge in [-0.1, -0.05) is 0 Å². The molecule has 4 N–H and O–H groups in total. The van der Waals surface area contributed by atoms with Gasteiger partial charge < -0.3 is 30.4 Å². The van der Waals surface area contributed by atoms with E-state index in [1.54, 1.807) is 12.1 Å². The molecule has 28 heavy (non-hydrogen) atoms. The largest absolute Gasteiger partial charge is 0.509 e. The standard InChI is InChI=1S/C16H16N6O6/c1-7(18)14(23)25-4-9-11-12(27-15(24)26-11)16(5-17,28-9)10-3-2-8-13(19)20-6-21-22(8)10/h2-3,6-7,9,11-12H,4,18H2,1H3,(H2,19,20,21)/t7?,9-,11-,12-,16+/m1/s1. The number of nitrogen functional groups attached to an aromatic ring is 1. The van der Waals surface area contributed by atoms with Crippen molar-refractivity contribution in [3.8, 4) is 6.07 Å². The number of rotatable bonds is 4. The first kappa shape index (κ1) is 18.0. The Balaban J connectivity index is 1.73. The fraction of sp³-hybridized carbons (Fsp3) is 0.438. The number of fused-ring (bicyclic) bond motifs is 2. The van der Waals surface area contributed by atoms with Crippen molar-refractivity contribution < 1.29 is 28.5 Å². The van der Waals surface area contributed by atoms with Crippen molar-refractivity contribution in [2.45, 2.75) is 36.9 Å². The molecular weight excluding hydrogens is 372 g/mol. The fourth-order valence-corrected chi connectivity index (χ4v) is 3.34. The zero-order valence-electron chi connectivity index (χ0n) is 14.6. The fourth-order valence-electron chi connectivity index (χ4n) is 3.34. The predicted octanol–water partition coefficient (Wildman–Crippen LogP) is -0.776. The highest BCUT2D eigenvalue weighted by Gasteiger charge is 2.65. The Morgan fingerprint density at radius 3 is 3.00 bits per heavy atom. The molecule has 0 bridgehead atoms. The van der Waals surface area contributed by atoms with E-state index < -0.39 is 42.1 Å². The van der Waals surface area contributed by atoms with Gasteiger partial charge in [0.25, 0.3) is 0 Å². The zero-order valence-corrected chi connectivity index (χ0v) is 14.6. The maximum atomic E-state index is 11.8. The molecule has 0 aromatic carbocycles. The number of hydrogen-bond donors (Lipinski definition) is 2. The van der Waals surface area contributed by atoms with Crippen molar-refractivity contribution in [2.24, 2.45) is 5.73 Å². The molecule has 0 amide bonds. The summed E-state index contributed by atoms with van der Waals surface area (Å²) in [5, 5.41) is 14.1. The Morgan fingerprint density at radius 1 is 1.50 bits per heavy atom. The second kappa shape index (κ2) is 6.32. The molecule has 0 spiro atoms. The van der Waals surface area contributed by atoms with Crippen LogP contribution in [0.25, 0.3) is 5.52 Å². The Kier molecular flexibility index (Phi) is 4.06. The van der Waals surface area contributed by atoms with Crippen molar-refractivity contribution in [3.05, 3.63) is 24.2 Å². The van der Waals surface area contributed by atoms with Crippen LogP contribution in [-0.2, 0) is 29.3 Å². The third-order valence-corrected chi connectivity index (χ3v) is 4.65. The minimum atomic E-state index is -1.75. The van der Waals surface area contributed by atoms with Gasteiger partial charge in [-0.15, -0.1) is 0 Å². The van der Waals surface area contributed by atoms with E-state index in [-0.39, 0.29) is 18.1 Å². The molecule has 146 valence electrons. The number of nitriles is 1. The van der Waals surface area contributed by atoms with E-state index in [4.69, 9.17) is 30.4 Å². The lowest BCUT2D eigenvalue weighted by atomic mass is 9.92. The average molecular weight is 388 g/mol. The second-order valence-electron chi connectivity index (χ2n) is 6.45. The van der Waals surface area contributed by atoms with Gasteiger partial charge >= 0.3 is 12.1 Å². The SMILES string of the molecule is CC(N)C(=O)OC[C@H]1O[C@@](C#N)(c2ccc3c(N)ncnn23)[C@@H]2OC(=O)O[C@@H]21. The predicted molar refractivity (Wildman–Crippen MR) is 89.3 cm³/mol. The van der Waals surface area contributed by atoms with Gasteiger partial charge in [-0.3, -0.25) is 4.79 Å². The highest BCUT2D eigenvalue weighted by molar-refractivity contribution is 5.75. The second-order valence-corrected chi connectivity index (χ2v) is 6.45. The summed E-state index contributed by atoms with van der Waals surface area (Å²) in [6, 6.07) is 4.41. The molecule has 12 nitrogen and oxygen atoms in total. The summed E-state index contributed by atoms with van der Waals surface area (Å²) >= 11 is 0. The molecule has 0 radical (unpaired) electrons. The van der Waals surface area contributed by atoms with E-state index in [2.05, 4.69) is 16.2 Å². The van der Waals surface area contributed by atoms with E-state index in [0.717, 1.165) is 0 Å². The normalized spacial score (nSPS) is 29.6. The molecule has 4 heterocycles. The average Bonchev–Trinajstić information content (AvgIpc) is 3.33. The van der Waals surface area contributed by atoms with E-state index in [1.165, 1.54) is 17.8 Å². The summed E-state index contributed by atoms with van der Waals surface area (Å²) in [6.45, 7) is 1.19. The molecule has 2 aliphatic heterocycles. The zero-order chi connectivity index (χ0) is 20.1. The number of carbonyl (C=O) groups excluding carboxylic acids is 2. The minimum absolute atomic E-state index is 0.200. The highest BCUT2D eigenvalue weighted by Crippen LogP contribution is 2.46. The monoisotopic (exact) mass is 388 g/mol. The smallest absolute Gasteiger partial charge is 0.462 e. The third kappa shape index (κ3) is 2.52. The molecule has 5 atom stereocenters. The highest BCUT2D eigenvalue weighted by atomic mass is 16.8. The van der Waals surface area contributed by atoms with Crippen LogP contribution in [0.2, 0.25) is 0 Å². The lowest BCUT2D eigenvalue weighted by Gasteiger charge is -2.24. The Hall–Kier alpha value is -3.43. The maximum Gasteiger partial charge on any atom is 0.509 e. The summed E-state index contributed by atoms with van der Waals surface area (Å²) in [5.41, 5.74) is 10.3. The van der Waals surface area contributed by atoms with Gasteiger partial charge in [0.05, 0.1) is 5.69 Å². The number of nitrogens with two attached hydrogens (primary N) is 2. The van der Waals surface area contributed by atoms with Crippen molar-refractivity contribution in [2.75, 3.05) is 12.3 Å². The topological polar surface area (TPSA) is 177 Å². The van der Waals surface area contributed by atoms with Crippen LogP contribution >= 0.6 is 0 Å². The van der Waals surface area contributed by atoms with E-state index in [0.29, 0.717) is 5.52 Å². The number of carbonyl (C=O) groups is 2. The van der Waals surface area contributed by atoms with Gasteiger partial charge in [-0.2, -0.15) is 10.4 Å². The minimum Gasteiger partial charge on any atom is -0.462 e. The van der Waals surface area contributed by atoms with E-state index in [9.17, 15) is 14.9 Å². The van der Waals surface area contributed by atoms with E-state index in [1.807, 2.05) is 0 Å². The first-order valence-corrected chi connectivity index (χ1v) is 8.34. The van der Waals surface area contributed by atoms with Crippen LogP contribution < -0.4 is 11.5 Å². The van der Waals surface area contributed by atoms with Gasteiger partial charge in [-0.25, -0.2) is 14.3 Å². The van der Waals surface area contributed by atoms with Gasteiger partial charge in [0.1, 0.15) is 36.7 Å². The van der Waals surface area contributed by atoms with Crippen LogP contribution in [0.3, 0.4) is 0 Å². The Morgan fingerprint density at radius 2 is 2.29 bits per heavy atom. The van der Waals surface area contributed by atoms with Crippen LogP contribution in [0.1, 0.15) is 12.6 Å². The van der Waals surface area contributed by atoms with E-state index >= 15 is 0 Å². The Bertz CT molecular complexity index is 999. The lowest BCUT2D eigenvalue weighted by Crippen LogP contribution is -2.39. The summed E-state index contributed by atoms with van der Waals surface area (Å²) < 4.78 is 22.8. The van der Waals surface area contributed by atoms with Gasteiger partial charge in [0, 0.05) is 0 Å². The van der Waals surface area contributed by atoms with Crippen molar-refractivity contribution in [3.63, 3.8) is 0 Å². The maximum absolute atomic E-state index is 11.8. The Labute approximate surface area is 157 Å². The molecule has 2 aliphatic rings. The first-order chi connectivity index (χ1) is 13.4. The summed E-state index contributed by atoms with van der Waals surface area (Å²) in [6.07, 6.45) is -2.72. The number of ether oxygens (including phenoxy) is 4. The van der Waals surface area contributed by atoms with Gasteiger partial charge in [-0.05, 0) is 19.1 Å². The van der Waals surface area contributed by atoms with Crippen molar-refractivity contribution >= 4 is 23.5 Å². The molecular formula is C16H16N6O6. The number of anilines is 1. The quantitative estimate of drug-likeness (QED) is 0.628. The van der Waals surface area contributed by atoms with Crippen molar-refractivity contribution in [1.29, 1.82) is 5.26 Å². The van der Waals surface area contributed by atoms with Crippen LogP contribution in [-0.4, -0.2) is 57.7 Å². The number of esters is 1. The summed E-state index contributed by atoms with van der Waals surface area (Å²) in [7, 11) is 0. The number of nitrogens with zero attached hydrogens (tertiary/aromatic N) is 4. The molecule has 1 unspecified atom stereocenters. The van der Waals surface area contributed by atoms with Crippen LogP contribution in [0.5, 0.6) is 0 Å².